The number of hydrogen-bond donors (Lipinski definition) is 2. The monoisotopic (exact) mass is 331 g/mol. The van der Waals surface area contributed by atoms with Crippen LogP contribution < -0.4 is 10.6 Å². The highest BCUT2D eigenvalue weighted by atomic mass is 32.2. The standard InChI is InChI=1S/C16H17N3OS2/c20-16(19-13-8-10-3-4-12(13)18-10)14-5-6-15(22-14)21-11-2-1-7-17-9-11/h1-2,5-7,9-10,12-13,18H,3-4,8H2,(H,19,20)/t10-,12+,13-/m1/s1. The Kier molecular flexibility index (Phi) is 3.90. The maximum atomic E-state index is 12.4. The molecular weight excluding hydrogens is 314 g/mol. The molecule has 2 N–H and O–H groups in total. The molecule has 0 aliphatic carbocycles. The average molecular weight is 331 g/mol. The van der Waals surface area contributed by atoms with E-state index in [0.29, 0.717) is 18.1 Å². The summed E-state index contributed by atoms with van der Waals surface area (Å²) in [6.07, 6.45) is 7.11. The zero-order valence-corrected chi connectivity index (χ0v) is 13.6. The first-order valence-corrected chi connectivity index (χ1v) is 9.16. The summed E-state index contributed by atoms with van der Waals surface area (Å²) in [6.45, 7) is 0. The molecule has 1 amide bonds. The van der Waals surface area contributed by atoms with Crippen molar-refractivity contribution >= 4 is 29.0 Å². The van der Waals surface area contributed by atoms with E-state index in [1.54, 1.807) is 29.3 Å². The Morgan fingerprint density at radius 3 is 3.05 bits per heavy atom. The highest BCUT2D eigenvalue weighted by molar-refractivity contribution is 8.01. The van der Waals surface area contributed by atoms with Gasteiger partial charge in [-0.25, -0.2) is 0 Å². The smallest absolute Gasteiger partial charge is 0.261 e. The number of amides is 1. The topological polar surface area (TPSA) is 54.0 Å². The summed E-state index contributed by atoms with van der Waals surface area (Å²) >= 11 is 3.19. The van der Waals surface area contributed by atoms with Crippen LogP contribution in [0.1, 0.15) is 28.9 Å². The molecule has 2 bridgehead atoms. The van der Waals surface area contributed by atoms with Gasteiger partial charge in [-0.2, -0.15) is 0 Å². The van der Waals surface area contributed by atoms with Gasteiger partial charge in [0.15, 0.2) is 0 Å². The van der Waals surface area contributed by atoms with Crippen LogP contribution in [0.5, 0.6) is 0 Å². The van der Waals surface area contributed by atoms with Crippen molar-refractivity contribution in [2.45, 2.75) is 46.5 Å². The summed E-state index contributed by atoms with van der Waals surface area (Å²) in [5, 5.41) is 6.74. The molecule has 6 heteroatoms. The van der Waals surface area contributed by atoms with Crippen molar-refractivity contribution in [1.29, 1.82) is 0 Å². The molecule has 4 heterocycles. The lowest BCUT2D eigenvalue weighted by Gasteiger charge is -2.20. The second kappa shape index (κ2) is 6.02. The summed E-state index contributed by atoms with van der Waals surface area (Å²) in [7, 11) is 0. The van der Waals surface area contributed by atoms with E-state index in [-0.39, 0.29) is 5.91 Å². The number of fused-ring (bicyclic) bond motifs is 2. The van der Waals surface area contributed by atoms with Crippen LogP contribution in [0.3, 0.4) is 0 Å². The molecule has 3 atom stereocenters. The van der Waals surface area contributed by atoms with Crippen molar-refractivity contribution in [3.63, 3.8) is 0 Å². The summed E-state index contributed by atoms with van der Waals surface area (Å²) in [6, 6.07) is 9.25. The summed E-state index contributed by atoms with van der Waals surface area (Å²) in [5.41, 5.74) is 0. The molecule has 0 radical (unpaired) electrons. The van der Waals surface area contributed by atoms with Crippen LogP contribution >= 0.6 is 23.1 Å². The van der Waals surface area contributed by atoms with E-state index in [4.69, 9.17) is 0 Å². The van der Waals surface area contributed by atoms with Crippen molar-refractivity contribution in [3.05, 3.63) is 41.5 Å². The first-order chi connectivity index (χ1) is 10.8. The van der Waals surface area contributed by atoms with Crippen LogP contribution in [0.25, 0.3) is 0 Å². The number of carbonyl (C=O) groups is 1. The molecule has 2 aliphatic rings. The summed E-state index contributed by atoms with van der Waals surface area (Å²) < 4.78 is 1.12. The minimum atomic E-state index is 0.0578. The molecule has 2 aromatic rings. The molecule has 114 valence electrons. The fourth-order valence-corrected chi connectivity index (χ4v) is 5.24. The van der Waals surface area contributed by atoms with Gasteiger partial charge in [0, 0.05) is 35.4 Å². The lowest BCUT2D eigenvalue weighted by atomic mass is 9.95. The molecule has 2 aliphatic heterocycles. The lowest BCUT2D eigenvalue weighted by molar-refractivity contribution is 0.0935. The van der Waals surface area contributed by atoms with Gasteiger partial charge in [-0.3, -0.25) is 9.78 Å². The van der Waals surface area contributed by atoms with Crippen LogP contribution in [0.4, 0.5) is 0 Å². The van der Waals surface area contributed by atoms with Crippen LogP contribution in [0.15, 0.2) is 45.8 Å². The first-order valence-electron chi connectivity index (χ1n) is 7.52. The molecule has 4 rings (SSSR count). The Labute approximate surface area is 137 Å². The van der Waals surface area contributed by atoms with E-state index in [9.17, 15) is 4.79 Å². The first kappa shape index (κ1) is 14.2. The largest absolute Gasteiger partial charge is 0.347 e. The molecule has 22 heavy (non-hydrogen) atoms. The van der Waals surface area contributed by atoms with Gasteiger partial charge in [-0.1, -0.05) is 11.8 Å². The van der Waals surface area contributed by atoms with Crippen molar-refractivity contribution in [3.8, 4) is 0 Å². The molecule has 0 saturated carbocycles. The summed E-state index contributed by atoms with van der Waals surface area (Å²) in [5.74, 6) is 0.0578. The highest BCUT2D eigenvalue weighted by Crippen LogP contribution is 2.33. The average Bonchev–Trinajstić information content (AvgIpc) is 3.24. The van der Waals surface area contributed by atoms with Crippen molar-refractivity contribution in [2.75, 3.05) is 0 Å². The van der Waals surface area contributed by atoms with Gasteiger partial charge >= 0.3 is 0 Å². The van der Waals surface area contributed by atoms with Gasteiger partial charge in [-0.15, -0.1) is 11.3 Å². The maximum Gasteiger partial charge on any atom is 0.261 e. The zero-order chi connectivity index (χ0) is 14.9. The van der Waals surface area contributed by atoms with E-state index < -0.39 is 0 Å². The fraction of sp³-hybridized carbons (Fsp3) is 0.375. The highest BCUT2D eigenvalue weighted by Gasteiger charge is 2.39. The second-order valence-corrected chi connectivity index (χ2v) is 8.23. The normalized spacial score (nSPS) is 26.3. The Balaban J connectivity index is 1.39. The van der Waals surface area contributed by atoms with Crippen LogP contribution in [0.2, 0.25) is 0 Å². The van der Waals surface area contributed by atoms with Gasteiger partial charge in [0.1, 0.15) is 0 Å². The number of hydrogen-bond acceptors (Lipinski definition) is 5. The number of nitrogens with one attached hydrogen (secondary N) is 2. The molecule has 0 aromatic carbocycles. The molecular formula is C16H17N3OS2. The zero-order valence-electron chi connectivity index (χ0n) is 12.0. The molecule has 2 fully saturated rings. The Hall–Kier alpha value is -1.37. The minimum Gasteiger partial charge on any atom is -0.347 e. The van der Waals surface area contributed by atoms with Gasteiger partial charge in [0.25, 0.3) is 5.91 Å². The van der Waals surface area contributed by atoms with Crippen molar-refractivity contribution in [1.82, 2.24) is 15.6 Å². The Morgan fingerprint density at radius 1 is 1.36 bits per heavy atom. The number of aromatic nitrogens is 1. The van der Waals surface area contributed by atoms with E-state index in [0.717, 1.165) is 20.4 Å². The molecule has 2 saturated heterocycles. The molecule has 4 nitrogen and oxygen atoms in total. The fourth-order valence-electron chi connectivity index (χ4n) is 3.24. The molecule has 0 spiro atoms. The van der Waals surface area contributed by atoms with Crippen LogP contribution in [-0.4, -0.2) is 29.0 Å². The van der Waals surface area contributed by atoms with E-state index in [2.05, 4.69) is 15.6 Å². The third-order valence-corrected chi connectivity index (χ3v) is 6.47. The Morgan fingerprint density at radius 2 is 2.32 bits per heavy atom. The number of rotatable bonds is 4. The third-order valence-electron chi connectivity index (χ3n) is 4.27. The van der Waals surface area contributed by atoms with Gasteiger partial charge < -0.3 is 10.6 Å². The number of nitrogens with zero attached hydrogens (tertiary/aromatic N) is 1. The van der Waals surface area contributed by atoms with E-state index in [1.165, 1.54) is 12.8 Å². The van der Waals surface area contributed by atoms with E-state index >= 15 is 0 Å². The quantitative estimate of drug-likeness (QED) is 0.904. The van der Waals surface area contributed by atoms with Crippen LogP contribution in [-0.2, 0) is 0 Å². The predicted octanol–water partition coefficient (Wildman–Crippen LogP) is 2.92. The minimum absolute atomic E-state index is 0.0578. The number of pyridine rings is 1. The predicted molar refractivity (Wildman–Crippen MR) is 88.5 cm³/mol. The summed E-state index contributed by atoms with van der Waals surface area (Å²) in [4.78, 5) is 18.4. The molecule has 0 unspecified atom stereocenters. The van der Waals surface area contributed by atoms with Crippen molar-refractivity contribution < 1.29 is 4.79 Å². The SMILES string of the molecule is O=C(N[C@@H]1C[C@H]2CC[C@@H]1N2)c1ccc(Sc2cccnc2)s1. The van der Waals surface area contributed by atoms with Gasteiger partial charge in [0.05, 0.1) is 9.09 Å². The second-order valence-electron chi connectivity index (χ2n) is 5.77. The lowest BCUT2D eigenvalue weighted by Crippen LogP contribution is -2.42. The molecule has 2 aromatic heterocycles. The van der Waals surface area contributed by atoms with Crippen molar-refractivity contribution in [2.24, 2.45) is 0 Å². The maximum absolute atomic E-state index is 12.4. The number of carbonyl (C=O) groups excluding carboxylic acids is 1. The van der Waals surface area contributed by atoms with Crippen LogP contribution in [0, 0.1) is 0 Å². The Bertz CT molecular complexity index is 673. The van der Waals surface area contributed by atoms with Gasteiger partial charge in [0.2, 0.25) is 0 Å². The van der Waals surface area contributed by atoms with Gasteiger partial charge in [-0.05, 0) is 43.5 Å². The number of thiophene rings is 1. The van der Waals surface area contributed by atoms with E-state index in [1.807, 2.05) is 30.5 Å². The third kappa shape index (κ3) is 2.91.